The molecule has 0 spiro atoms. The number of rotatable bonds is 3. The lowest BCUT2D eigenvalue weighted by Gasteiger charge is -2.28. The standard InChI is InChI=1S/C27H29ClN4O4/c28-21-11-17-3-5-24(21)36-10-2-1-9-35-23-6-4-18(19-14-30-15-19)13-20(23)25(33)31-22(12-17)26(34)32-27(16-29)7-8-27/h3-6,11,13,19,22,30H,1-2,7-10,12,14-15H2,(H,31,33)(H,32,34)/t22-/m0/s1. The van der Waals surface area contributed by atoms with Crippen molar-refractivity contribution in [3.8, 4) is 17.6 Å². The third kappa shape index (κ3) is 5.43. The minimum Gasteiger partial charge on any atom is -0.493 e. The highest BCUT2D eigenvalue weighted by Crippen LogP contribution is 2.34. The summed E-state index contributed by atoms with van der Waals surface area (Å²) in [6.45, 7) is 2.64. The quantitative estimate of drug-likeness (QED) is 0.587. The molecule has 4 aliphatic rings. The maximum Gasteiger partial charge on any atom is 0.255 e. The number of benzene rings is 2. The van der Waals surface area contributed by atoms with Gasteiger partial charge in [0.25, 0.3) is 5.91 Å². The first kappa shape index (κ1) is 24.4. The first-order chi connectivity index (χ1) is 17.5. The van der Waals surface area contributed by atoms with Crippen LogP contribution in [0.25, 0.3) is 0 Å². The molecule has 2 fully saturated rings. The van der Waals surface area contributed by atoms with Crippen LogP contribution in [0, 0.1) is 11.3 Å². The average Bonchev–Trinajstić information content (AvgIpc) is 3.60. The van der Waals surface area contributed by atoms with E-state index in [1.165, 1.54) is 0 Å². The Kier molecular flexibility index (Phi) is 7.04. The van der Waals surface area contributed by atoms with Gasteiger partial charge in [-0.2, -0.15) is 5.26 Å². The van der Waals surface area contributed by atoms with E-state index in [9.17, 15) is 14.9 Å². The van der Waals surface area contributed by atoms with Crippen molar-refractivity contribution in [2.45, 2.75) is 49.6 Å². The van der Waals surface area contributed by atoms with E-state index in [4.69, 9.17) is 21.1 Å². The Bertz CT molecular complexity index is 1200. The van der Waals surface area contributed by atoms with Crippen molar-refractivity contribution in [3.63, 3.8) is 0 Å². The van der Waals surface area contributed by atoms with Gasteiger partial charge >= 0.3 is 0 Å². The maximum absolute atomic E-state index is 13.6. The molecule has 2 aromatic rings. The molecule has 0 unspecified atom stereocenters. The zero-order chi connectivity index (χ0) is 25.1. The molecule has 188 valence electrons. The number of nitriles is 1. The first-order valence-electron chi connectivity index (χ1n) is 12.4. The van der Waals surface area contributed by atoms with Crippen molar-refractivity contribution >= 4 is 23.4 Å². The highest BCUT2D eigenvalue weighted by Gasteiger charge is 2.45. The van der Waals surface area contributed by atoms with E-state index in [1.807, 2.05) is 24.3 Å². The van der Waals surface area contributed by atoms with Crippen LogP contribution < -0.4 is 25.4 Å². The molecule has 1 aliphatic carbocycles. The van der Waals surface area contributed by atoms with Crippen molar-refractivity contribution in [2.24, 2.45) is 0 Å². The highest BCUT2D eigenvalue weighted by atomic mass is 35.5. The summed E-state index contributed by atoms with van der Waals surface area (Å²) in [4.78, 5) is 26.8. The molecule has 0 aromatic heterocycles. The zero-order valence-corrected chi connectivity index (χ0v) is 20.7. The molecule has 2 bridgehead atoms. The molecule has 3 heterocycles. The van der Waals surface area contributed by atoms with Crippen molar-refractivity contribution in [3.05, 3.63) is 58.1 Å². The molecule has 36 heavy (non-hydrogen) atoms. The lowest BCUT2D eigenvalue weighted by Crippen LogP contribution is -2.51. The molecule has 3 N–H and O–H groups in total. The number of hydrogen-bond donors (Lipinski definition) is 3. The minimum atomic E-state index is -0.902. The second kappa shape index (κ2) is 10.4. The summed E-state index contributed by atoms with van der Waals surface area (Å²) < 4.78 is 11.8. The molecular weight excluding hydrogens is 480 g/mol. The van der Waals surface area contributed by atoms with Gasteiger partial charge in [-0.15, -0.1) is 0 Å². The second-order valence-corrected chi connectivity index (χ2v) is 10.1. The highest BCUT2D eigenvalue weighted by molar-refractivity contribution is 6.32. The summed E-state index contributed by atoms with van der Waals surface area (Å²) >= 11 is 6.44. The normalized spacial score (nSPS) is 21.6. The van der Waals surface area contributed by atoms with Crippen molar-refractivity contribution < 1.29 is 19.1 Å². The van der Waals surface area contributed by atoms with E-state index in [2.05, 4.69) is 22.0 Å². The van der Waals surface area contributed by atoms with Gasteiger partial charge in [-0.3, -0.25) is 9.59 Å². The Morgan fingerprint density at radius 1 is 1.08 bits per heavy atom. The number of carbonyl (C=O) groups excluding carboxylic acids is 2. The van der Waals surface area contributed by atoms with E-state index in [0.29, 0.717) is 54.1 Å². The monoisotopic (exact) mass is 508 g/mol. The Labute approximate surface area is 215 Å². The van der Waals surface area contributed by atoms with E-state index < -0.39 is 17.5 Å². The number of amides is 2. The number of fused-ring (bicyclic) bond motifs is 10. The summed E-state index contributed by atoms with van der Waals surface area (Å²) in [6, 6.07) is 12.3. The Morgan fingerprint density at radius 3 is 2.44 bits per heavy atom. The fraction of sp³-hybridized carbons (Fsp3) is 0.444. The van der Waals surface area contributed by atoms with Crippen LogP contribution in [-0.4, -0.2) is 49.7 Å². The van der Waals surface area contributed by atoms with Crippen LogP contribution in [0.15, 0.2) is 36.4 Å². The summed E-state index contributed by atoms with van der Waals surface area (Å²) in [5, 5.41) is 18.9. The van der Waals surface area contributed by atoms with Crippen LogP contribution in [0.1, 0.15) is 53.1 Å². The van der Waals surface area contributed by atoms with E-state index >= 15 is 0 Å². The Balaban J connectivity index is 1.46. The number of carbonyl (C=O) groups is 2. The number of halogens is 1. The molecule has 1 atom stereocenters. The predicted molar refractivity (Wildman–Crippen MR) is 134 cm³/mol. The van der Waals surface area contributed by atoms with Crippen LogP contribution >= 0.6 is 11.6 Å². The summed E-state index contributed by atoms with van der Waals surface area (Å²) in [7, 11) is 0. The van der Waals surface area contributed by atoms with Crippen molar-refractivity contribution in [1.29, 1.82) is 5.26 Å². The smallest absolute Gasteiger partial charge is 0.255 e. The molecule has 1 saturated carbocycles. The molecule has 2 aromatic carbocycles. The van der Waals surface area contributed by atoms with Gasteiger partial charge in [0.05, 0.1) is 29.9 Å². The second-order valence-electron chi connectivity index (χ2n) is 9.69. The molecule has 1 saturated heterocycles. The van der Waals surface area contributed by atoms with Gasteiger partial charge < -0.3 is 25.4 Å². The Morgan fingerprint density at radius 2 is 1.81 bits per heavy atom. The van der Waals surface area contributed by atoms with Gasteiger partial charge in [-0.05, 0) is 61.1 Å². The van der Waals surface area contributed by atoms with Gasteiger partial charge in [0, 0.05) is 25.4 Å². The van der Waals surface area contributed by atoms with Gasteiger partial charge in [0.15, 0.2) is 0 Å². The van der Waals surface area contributed by atoms with Crippen LogP contribution in [0.4, 0.5) is 0 Å². The van der Waals surface area contributed by atoms with Crippen LogP contribution in [0.5, 0.6) is 11.5 Å². The zero-order valence-electron chi connectivity index (χ0n) is 19.9. The maximum atomic E-state index is 13.6. The largest absolute Gasteiger partial charge is 0.493 e. The topological polar surface area (TPSA) is 112 Å². The summed E-state index contributed by atoms with van der Waals surface area (Å²) in [6.07, 6.45) is 2.93. The van der Waals surface area contributed by atoms with Crippen molar-refractivity contribution in [2.75, 3.05) is 26.3 Å². The fourth-order valence-electron chi connectivity index (χ4n) is 4.38. The third-order valence-corrected chi connectivity index (χ3v) is 7.23. The minimum absolute atomic E-state index is 0.210. The molecule has 8 nitrogen and oxygen atoms in total. The SMILES string of the molecule is N#CC1(NC(=O)[C@@H]2Cc3ccc(c(Cl)c3)OCCCCOc3ccc(C4CNC4)cc3C(=O)N2)CC1. The number of nitrogens with one attached hydrogen (secondary N) is 3. The predicted octanol–water partition coefficient (Wildman–Crippen LogP) is 3.09. The number of ether oxygens (including phenoxy) is 2. The van der Waals surface area contributed by atoms with Crippen molar-refractivity contribution in [1.82, 2.24) is 16.0 Å². The molecule has 3 aliphatic heterocycles. The molecule has 9 heteroatoms. The van der Waals surface area contributed by atoms with Crippen LogP contribution in [-0.2, 0) is 11.2 Å². The van der Waals surface area contributed by atoms with Gasteiger partial charge in [-0.1, -0.05) is 23.7 Å². The van der Waals surface area contributed by atoms with E-state index in [-0.39, 0.29) is 12.3 Å². The number of nitrogens with zero attached hydrogens (tertiary/aromatic N) is 1. The lowest BCUT2D eigenvalue weighted by atomic mass is 9.92. The van der Waals surface area contributed by atoms with Gasteiger partial charge in [0.2, 0.25) is 5.91 Å². The van der Waals surface area contributed by atoms with E-state index in [0.717, 1.165) is 37.1 Å². The Hall–Kier alpha value is -3.28. The average molecular weight is 509 g/mol. The number of hydrogen-bond acceptors (Lipinski definition) is 6. The molecule has 0 radical (unpaired) electrons. The van der Waals surface area contributed by atoms with Gasteiger partial charge in [0.1, 0.15) is 23.1 Å². The summed E-state index contributed by atoms with van der Waals surface area (Å²) in [5.41, 5.74) is 1.37. The molecular formula is C27H29ClN4O4. The third-order valence-electron chi connectivity index (χ3n) is 6.94. The molecule has 6 rings (SSSR count). The van der Waals surface area contributed by atoms with Crippen LogP contribution in [0.2, 0.25) is 5.02 Å². The van der Waals surface area contributed by atoms with Crippen LogP contribution in [0.3, 0.4) is 0 Å². The lowest BCUT2D eigenvalue weighted by molar-refractivity contribution is -0.123. The van der Waals surface area contributed by atoms with E-state index in [1.54, 1.807) is 12.1 Å². The summed E-state index contributed by atoms with van der Waals surface area (Å²) in [5.74, 6) is 0.604. The fourth-order valence-corrected chi connectivity index (χ4v) is 4.64. The first-order valence-corrected chi connectivity index (χ1v) is 12.8. The molecule has 2 amide bonds. The van der Waals surface area contributed by atoms with Gasteiger partial charge in [-0.25, -0.2) is 0 Å².